The molecule has 1 aliphatic rings. The molecule has 1 saturated heterocycles. The summed E-state index contributed by atoms with van der Waals surface area (Å²) in [5.41, 5.74) is 0. The van der Waals surface area contributed by atoms with Crippen molar-refractivity contribution < 1.29 is 4.74 Å². The SMILES string of the molecule is CCNC(=NCc1ncnn1C)N1CCN(c2ncc(Br)c(OC)n2)CC1. The second kappa shape index (κ2) is 8.98. The van der Waals surface area contributed by atoms with Crippen molar-refractivity contribution in [2.24, 2.45) is 12.0 Å². The zero-order chi connectivity index (χ0) is 19.2. The van der Waals surface area contributed by atoms with Crippen LogP contribution in [0, 0.1) is 0 Å². The largest absolute Gasteiger partial charge is 0.480 e. The Labute approximate surface area is 166 Å². The van der Waals surface area contributed by atoms with Gasteiger partial charge in [0.05, 0.1) is 17.8 Å². The minimum Gasteiger partial charge on any atom is -0.480 e. The highest BCUT2D eigenvalue weighted by Gasteiger charge is 2.22. The molecule has 0 aliphatic carbocycles. The summed E-state index contributed by atoms with van der Waals surface area (Å²) in [6, 6.07) is 0. The van der Waals surface area contributed by atoms with Crippen LogP contribution in [0.4, 0.5) is 5.95 Å². The number of piperazine rings is 1. The highest BCUT2D eigenvalue weighted by molar-refractivity contribution is 9.10. The number of anilines is 1. The van der Waals surface area contributed by atoms with Crippen molar-refractivity contribution in [2.45, 2.75) is 13.5 Å². The van der Waals surface area contributed by atoms with Crippen LogP contribution in [0.3, 0.4) is 0 Å². The Bertz CT molecular complexity index is 786. The quantitative estimate of drug-likeness (QED) is 0.538. The predicted molar refractivity (Wildman–Crippen MR) is 106 cm³/mol. The molecule has 0 radical (unpaired) electrons. The van der Waals surface area contributed by atoms with Gasteiger partial charge in [-0.3, -0.25) is 4.68 Å². The number of rotatable bonds is 5. The Morgan fingerprint density at radius 1 is 1.30 bits per heavy atom. The molecule has 2 aromatic rings. The van der Waals surface area contributed by atoms with Gasteiger partial charge < -0.3 is 19.9 Å². The number of guanidine groups is 1. The van der Waals surface area contributed by atoms with E-state index in [4.69, 9.17) is 9.73 Å². The molecule has 146 valence electrons. The smallest absolute Gasteiger partial charge is 0.232 e. The van der Waals surface area contributed by atoms with Crippen molar-refractivity contribution in [3.05, 3.63) is 22.8 Å². The lowest BCUT2D eigenvalue weighted by molar-refractivity contribution is 0.366. The Morgan fingerprint density at radius 2 is 2.07 bits per heavy atom. The molecule has 0 bridgehead atoms. The summed E-state index contributed by atoms with van der Waals surface area (Å²) in [5, 5.41) is 7.44. The lowest BCUT2D eigenvalue weighted by Gasteiger charge is -2.36. The normalized spacial score (nSPS) is 15.2. The van der Waals surface area contributed by atoms with Crippen molar-refractivity contribution in [2.75, 3.05) is 44.7 Å². The highest BCUT2D eigenvalue weighted by Crippen LogP contribution is 2.23. The van der Waals surface area contributed by atoms with Gasteiger partial charge in [-0.15, -0.1) is 0 Å². The second-order valence-electron chi connectivity index (χ2n) is 5.97. The van der Waals surface area contributed by atoms with Crippen LogP contribution < -0.4 is 15.0 Å². The first kappa shape index (κ1) is 19.3. The number of aromatic nitrogens is 5. The molecule has 0 atom stereocenters. The molecule has 0 unspecified atom stereocenters. The Kier molecular flexibility index (Phi) is 6.43. The maximum atomic E-state index is 5.27. The first-order valence-electron chi connectivity index (χ1n) is 8.80. The van der Waals surface area contributed by atoms with Crippen LogP contribution in [0.15, 0.2) is 22.0 Å². The summed E-state index contributed by atoms with van der Waals surface area (Å²) in [6.07, 6.45) is 3.27. The molecule has 0 spiro atoms. The summed E-state index contributed by atoms with van der Waals surface area (Å²) in [4.78, 5) is 22.2. The number of methoxy groups -OCH3 is 1. The van der Waals surface area contributed by atoms with Crippen molar-refractivity contribution in [3.8, 4) is 5.88 Å². The maximum absolute atomic E-state index is 5.27. The maximum Gasteiger partial charge on any atom is 0.232 e. The third-order valence-electron chi connectivity index (χ3n) is 4.26. The molecule has 0 amide bonds. The van der Waals surface area contributed by atoms with E-state index in [2.05, 4.69) is 58.0 Å². The fourth-order valence-electron chi connectivity index (χ4n) is 2.79. The monoisotopic (exact) mass is 437 g/mol. The summed E-state index contributed by atoms with van der Waals surface area (Å²) in [5.74, 6) is 2.94. The molecule has 0 aromatic carbocycles. The number of hydrogen-bond acceptors (Lipinski definition) is 7. The summed E-state index contributed by atoms with van der Waals surface area (Å²) >= 11 is 3.39. The van der Waals surface area contributed by atoms with Gasteiger partial charge in [-0.2, -0.15) is 10.1 Å². The molecule has 27 heavy (non-hydrogen) atoms. The average molecular weight is 438 g/mol. The van der Waals surface area contributed by atoms with Gasteiger partial charge in [0.2, 0.25) is 11.8 Å². The first-order valence-corrected chi connectivity index (χ1v) is 9.59. The summed E-state index contributed by atoms with van der Waals surface area (Å²) in [7, 11) is 3.47. The zero-order valence-corrected chi connectivity index (χ0v) is 17.3. The van der Waals surface area contributed by atoms with Crippen LogP contribution in [0.2, 0.25) is 0 Å². The molecule has 0 saturated carbocycles. The number of hydrogen-bond donors (Lipinski definition) is 1. The third-order valence-corrected chi connectivity index (χ3v) is 4.81. The molecular formula is C16H24BrN9O. The molecule has 1 N–H and O–H groups in total. The molecule has 2 aromatic heterocycles. The van der Waals surface area contributed by atoms with Gasteiger partial charge in [-0.1, -0.05) is 0 Å². The minimum atomic E-state index is 0.492. The summed E-state index contributed by atoms with van der Waals surface area (Å²) < 4.78 is 7.75. The van der Waals surface area contributed by atoms with Crippen LogP contribution in [-0.4, -0.2) is 75.4 Å². The number of aryl methyl sites for hydroxylation is 1. The number of nitrogens with zero attached hydrogens (tertiary/aromatic N) is 8. The van der Waals surface area contributed by atoms with Gasteiger partial charge in [-0.05, 0) is 22.9 Å². The Hall–Kier alpha value is -2.43. The molecular weight excluding hydrogens is 414 g/mol. The van der Waals surface area contributed by atoms with E-state index in [0.29, 0.717) is 18.4 Å². The van der Waals surface area contributed by atoms with Gasteiger partial charge in [0, 0.05) is 39.8 Å². The van der Waals surface area contributed by atoms with Crippen LogP contribution in [0.5, 0.6) is 5.88 Å². The van der Waals surface area contributed by atoms with Crippen molar-refractivity contribution in [3.63, 3.8) is 0 Å². The van der Waals surface area contributed by atoms with Crippen molar-refractivity contribution in [1.82, 2.24) is 34.9 Å². The third kappa shape index (κ3) is 4.65. The minimum absolute atomic E-state index is 0.492. The van der Waals surface area contributed by atoms with Crippen LogP contribution in [0.25, 0.3) is 0 Å². The number of aliphatic imine (C=N–C) groups is 1. The second-order valence-corrected chi connectivity index (χ2v) is 6.83. The lowest BCUT2D eigenvalue weighted by atomic mass is 10.3. The average Bonchev–Trinajstić information content (AvgIpc) is 3.10. The lowest BCUT2D eigenvalue weighted by Crippen LogP contribution is -2.53. The van der Waals surface area contributed by atoms with Gasteiger partial charge in [0.25, 0.3) is 0 Å². The number of nitrogens with one attached hydrogen (secondary N) is 1. The van der Waals surface area contributed by atoms with E-state index in [1.165, 1.54) is 0 Å². The van der Waals surface area contributed by atoms with Crippen molar-refractivity contribution >= 4 is 27.8 Å². The zero-order valence-electron chi connectivity index (χ0n) is 15.8. The molecule has 10 nitrogen and oxygen atoms in total. The van der Waals surface area contributed by atoms with E-state index in [0.717, 1.165) is 49.0 Å². The predicted octanol–water partition coefficient (Wildman–Crippen LogP) is 0.664. The van der Waals surface area contributed by atoms with E-state index in [-0.39, 0.29) is 0 Å². The van der Waals surface area contributed by atoms with E-state index >= 15 is 0 Å². The van der Waals surface area contributed by atoms with Gasteiger partial charge in [0.15, 0.2) is 5.96 Å². The molecule has 3 heterocycles. The fraction of sp³-hybridized carbons (Fsp3) is 0.562. The van der Waals surface area contributed by atoms with Crippen LogP contribution >= 0.6 is 15.9 Å². The highest BCUT2D eigenvalue weighted by atomic mass is 79.9. The van der Waals surface area contributed by atoms with Crippen LogP contribution in [0.1, 0.15) is 12.7 Å². The van der Waals surface area contributed by atoms with Crippen molar-refractivity contribution in [1.29, 1.82) is 0 Å². The number of halogens is 1. The molecule has 11 heteroatoms. The summed E-state index contributed by atoms with van der Waals surface area (Å²) in [6.45, 7) is 6.63. The fourth-order valence-corrected chi connectivity index (χ4v) is 3.14. The van der Waals surface area contributed by atoms with E-state index in [9.17, 15) is 0 Å². The molecule has 3 rings (SSSR count). The Balaban J connectivity index is 1.64. The van der Waals surface area contributed by atoms with E-state index in [1.54, 1.807) is 24.3 Å². The standard InChI is InChI=1S/C16H24BrN9O/c1-4-18-15(20-10-13-21-11-22-24(13)2)25-5-7-26(8-6-25)16-19-9-12(17)14(23-16)27-3/h9,11H,4-8,10H2,1-3H3,(H,18,20). The Morgan fingerprint density at radius 3 is 2.70 bits per heavy atom. The topological polar surface area (TPSA) is 96.6 Å². The van der Waals surface area contributed by atoms with Gasteiger partial charge in [-0.25, -0.2) is 15.0 Å². The van der Waals surface area contributed by atoms with Gasteiger partial charge >= 0.3 is 0 Å². The number of ether oxygens (including phenoxy) is 1. The molecule has 1 aliphatic heterocycles. The van der Waals surface area contributed by atoms with E-state index in [1.807, 2.05) is 7.05 Å². The van der Waals surface area contributed by atoms with Gasteiger partial charge in [0.1, 0.15) is 18.7 Å². The molecule has 1 fully saturated rings. The first-order chi connectivity index (χ1) is 13.1. The van der Waals surface area contributed by atoms with E-state index < -0.39 is 0 Å². The van der Waals surface area contributed by atoms with Crippen LogP contribution in [-0.2, 0) is 13.6 Å².